The van der Waals surface area contributed by atoms with E-state index in [2.05, 4.69) is 43.0 Å². The molecule has 2 heterocycles. The van der Waals surface area contributed by atoms with E-state index in [-0.39, 0.29) is 5.41 Å². The molecule has 0 aliphatic heterocycles. The molecular formula is C18H20N4. The van der Waals surface area contributed by atoms with Crippen LogP contribution in [-0.4, -0.2) is 19.7 Å². The van der Waals surface area contributed by atoms with Crippen LogP contribution in [0.15, 0.2) is 48.8 Å². The van der Waals surface area contributed by atoms with Crippen LogP contribution in [0, 0.1) is 0 Å². The normalized spacial score (nSPS) is 11.6. The minimum absolute atomic E-state index is 0.0102. The van der Waals surface area contributed by atoms with Gasteiger partial charge in [0.25, 0.3) is 0 Å². The summed E-state index contributed by atoms with van der Waals surface area (Å²) in [6.07, 6.45) is 3.77. The molecule has 0 saturated heterocycles. The molecule has 0 unspecified atom stereocenters. The van der Waals surface area contributed by atoms with Gasteiger partial charge < -0.3 is 0 Å². The van der Waals surface area contributed by atoms with Gasteiger partial charge in [-0.2, -0.15) is 5.10 Å². The van der Waals surface area contributed by atoms with Gasteiger partial charge in [-0.1, -0.05) is 39.0 Å². The lowest BCUT2D eigenvalue weighted by molar-refractivity contribution is 0.568. The molecule has 4 nitrogen and oxygen atoms in total. The van der Waals surface area contributed by atoms with Gasteiger partial charge in [0.05, 0.1) is 5.69 Å². The van der Waals surface area contributed by atoms with E-state index in [1.165, 1.54) is 0 Å². The maximum atomic E-state index is 4.72. The predicted octanol–water partition coefficient (Wildman–Crippen LogP) is 3.84. The smallest absolute Gasteiger partial charge is 0.159 e. The first-order chi connectivity index (χ1) is 10.4. The van der Waals surface area contributed by atoms with E-state index in [1.807, 2.05) is 43.7 Å². The molecule has 0 spiro atoms. The summed E-state index contributed by atoms with van der Waals surface area (Å²) in [6, 6.07) is 12.2. The second-order valence-electron chi connectivity index (χ2n) is 6.47. The van der Waals surface area contributed by atoms with E-state index in [4.69, 9.17) is 4.98 Å². The van der Waals surface area contributed by atoms with Crippen molar-refractivity contribution in [2.45, 2.75) is 26.2 Å². The van der Waals surface area contributed by atoms with Crippen LogP contribution in [0.1, 0.15) is 26.5 Å². The molecule has 4 heteroatoms. The third-order valence-corrected chi connectivity index (χ3v) is 3.55. The van der Waals surface area contributed by atoms with Crippen molar-refractivity contribution >= 4 is 0 Å². The van der Waals surface area contributed by atoms with Gasteiger partial charge >= 0.3 is 0 Å². The van der Waals surface area contributed by atoms with E-state index in [0.29, 0.717) is 0 Å². The second-order valence-corrected chi connectivity index (χ2v) is 6.47. The first kappa shape index (κ1) is 14.4. The first-order valence-electron chi connectivity index (χ1n) is 7.37. The molecule has 22 heavy (non-hydrogen) atoms. The SMILES string of the molecule is Cn1ccc(-c2cccc(-c3nccc(C(C)(C)C)n3)c2)n1. The first-order valence-corrected chi connectivity index (χ1v) is 7.37. The molecule has 0 aliphatic rings. The Morgan fingerprint density at radius 2 is 1.77 bits per heavy atom. The quantitative estimate of drug-likeness (QED) is 0.720. The van der Waals surface area contributed by atoms with Crippen LogP contribution < -0.4 is 0 Å². The Balaban J connectivity index is 2.03. The van der Waals surface area contributed by atoms with Crippen LogP contribution in [0.3, 0.4) is 0 Å². The molecule has 0 amide bonds. The minimum atomic E-state index is 0.0102. The van der Waals surface area contributed by atoms with Crippen LogP contribution >= 0.6 is 0 Å². The molecule has 3 aromatic rings. The van der Waals surface area contributed by atoms with Gasteiger partial charge in [-0.25, -0.2) is 9.97 Å². The zero-order valence-electron chi connectivity index (χ0n) is 13.4. The molecular weight excluding hydrogens is 272 g/mol. The van der Waals surface area contributed by atoms with Crippen LogP contribution in [0.4, 0.5) is 0 Å². The van der Waals surface area contributed by atoms with Crippen molar-refractivity contribution in [2.24, 2.45) is 7.05 Å². The van der Waals surface area contributed by atoms with Gasteiger partial charge in [-0.15, -0.1) is 0 Å². The number of nitrogens with zero attached hydrogens (tertiary/aromatic N) is 4. The zero-order chi connectivity index (χ0) is 15.7. The Labute approximate surface area is 130 Å². The molecule has 0 radical (unpaired) electrons. The summed E-state index contributed by atoms with van der Waals surface area (Å²) < 4.78 is 1.80. The van der Waals surface area contributed by atoms with E-state index in [0.717, 1.165) is 28.3 Å². The van der Waals surface area contributed by atoms with Crippen molar-refractivity contribution in [2.75, 3.05) is 0 Å². The summed E-state index contributed by atoms with van der Waals surface area (Å²) in [7, 11) is 1.92. The highest BCUT2D eigenvalue weighted by Gasteiger charge is 2.16. The molecule has 2 aromatic heterocycles. The molecule has 0 saturated carbocycles. The van der Waals surface area contributed by atoms with E-state index >= 15 is 0 Å². The minimum Gasteiger partial charge on any atom is -0.275 e. The molecule has 0 atom stereocenters. The van der Waals surface area contributed by atoms with Gasteiger partial charge in [0, 0.05) is 41.7 Å². The van der Waals surface area contributed by atoms with Crippen molar-refractivity contribution in [3.05, 3.63) is 54.5 Å². The second kappa shape index (κ2) is 5.37. The summed E-state index contributed by atoms with van der Waals surface area (Å²) in [6.45, 7) is 6.47. The van der Waals surface area contributed by atoms with E-state index in [9.17, 15) is 0 Å². The fraction of sp³-hybridized carbons (Fsp3) is 0.278. The molecule has 0 N–H and O–H groups in total. The van der Waals surface area contributed by atoms with Crippen LogP contribution in [0.25, 0.3) is 22.6 Å². The molecule has 0 aliphatic carbocycles. The summed E-state index contributed by atoms with van der Waals surface area (Å²) in [5, 5.41) is 4.45. The Morgan fingerprint density at radius 3 is 2.45 bits per heavy atom. The Morgan fingerprint density at radius 1 is 1.00 bits per heavy atom. The highest BCUT2D eigenvalue weighted by molar-refractivity contribution is 5.67. The predicted molar refractivity (Wildman–Crippen MR) is 88.4 cm³/mol. The van der Waals surface area contributed by atoms with Crippen molar-refractivity contribution in [1.82, 2.24) is 19.7 Å². The summed E-state index contributed by atoms with van der Waals surface area (Å²) in [5.41, 5.74) is 4.09. The molecule has 112 valence electrons. The van der Waals surface area contributed by atoms with Gasteiger partial charge in [-0.3, -0.25) is 4.68 Å². The fourth-order valence-corrected chi connectivity index (χ4v) is 2.30. The highest BCUT2D eigenvalue weighted by atomic mass is 15.2. The fourth-order valence-electron chi connectivity index (χ4n) is 2.30. The number of aromatic nitrogens is 4. The van der Waals surface area contributed by atoms with Crippen LogP contribution in [0.5, 0.6) is 0 Å². The van der Waals surface area contributed by atoms with Gasteiger partial charge in [0.1, 0.15) is 0 Å². The van der Waals surface area contributed by atoms with Gasteiger partial charge in [0.15, 0.2) is 5.82 Å². The topological polar surface area (TPSA) is 43.6 Å². The number of hydrogen-bond acceptors (Lipinski definition) is 3. The van der Waals surface area contributed by atoms with E-state index in [1.54, 1.807) is 4.68 Å². The summed E-state index contributed by atoms with van der Waals surface area (Å²) in [5.74, 6) is 0.755. The van der Waals surface area contributed by atoms with Crippen LogP contribution in [-0.2, 0) is 12.5 Å². The number of benzene rings is 1. The van der Waals surface area contributed by atoms with Gasteiger partial charge in [-0.05, 0) is 18.2 Å². The van der Waals surface area contributed by atoms with E-state index < -0.39 is 0 Å². The summed E-state index contributed by atoms with van der Waals surface area (Å²) in [4.78, 5) is 9.14. The average molecular weight is 292 g/mol. The Bertz CT molecular complexity index is 797. The molecule has 1 aromatic carbocycles. The monoisotopic (exact) mass is 292 g/mol. The zero-order valence-corrected chi connectivity index (χ0v) is 13.4. The molecule has 0 fully saturated rings. The number of hydrogen-bond donors (Lipinski definition) is 0. The third-order valence-electron chi connectivity index (χ3n) is 3.55. The summed E-state index contributed by atoms with van der Waals surface area (Å²) >= 11 is 0. The molecule has 3 rings (SSSR count). The Hall–Kier alpha value is -2.49. The van der Waals surface area contributed by atoms with Crippen LogP contribution in [0.2, 0.25) is 0 Å². The van der Waals surface area contributed by atoms with Crippen molar-refractivity contribution in [1.29, 1.82) is 0 Å². The van der Waals surface area contributed by atoms with Crippen molar-refractivity contribution < 1.29 is 0 Å². The van der Waals surface area contributed by atoms with Crippen molar-refractivity contribution in [3.63, 3.8) is 0 Å². The lowest BCUT2D eigenvalue weighted by Crippen LogP contribution is -2.14. The van der Waals surface area contributed by atoms with Crippen molar-refractivity contribution in [3.8, 4) is 22.6 Å². The lowest BCUT2D eigenvalue weighted by atomic mass is 9.92. The molecule has 0 bridgehead atoms. The largest absolute Gasteiger partial charge is 0.275 e. The van der Waals surface area contributed by atoms with Gasteiger partial charge in [0.2, 0.25) is 0 Å². The number of rotatable bonds is 2. The maximum absolute atomic E-state index is 4.72. The highest BCUT2D eigenvalue weighted by Crippen LogP contribution is 2.25. The lowest BCUT2D eigenvalue weighted by Gasteiger charge is -2.17. The Kier molecular flexibility index (Phi) is 3.53. The average Bonchev–Trinajstić information content (AvgIpc) is 2.93. The standard InChI is InChI=1S/C18H20N4/c1-18(2,3)16-8-10-19-17(20-16)14-7-5-6-13(12-14)15-9-11-22(4)21-15/h5-12H,1-4H3. The maximum Gasteiger partial charge on any atom is 0.159 e. The number of aryl methyl sites for hydroxylation is 1. The third kappa shape index (κ3) is 2.91.